The van der Waals surface area contributed by atoms with Crippen LogP contribution in [0.25, 0.3) is 0 Å². The molecular weight excluding hydrogens is 310 g/mol. The van der Waals surface area contributed by atoms with Crippen molar-refractivity contribution in [2.45, 2.75) is 38.6 Å². The quantitative estimate of drug-likeness (QED) is 0.732. The fraction of sp³-hybridized carbons (Fsp3) is 1.00. The van der Waals surface area contributed by atoms with Crippen molar-refractivity contribution in [1.29, 1.82) is 0 Å². The molecule has 0 aromatic heterocycles. The summed E-state index contributed by atoms with van der Waals surface area (Å²) in [5.74, 6) is 1.11. The first kappa shape index (κ1) is 17.5. The van der Waals surface area contributed by atoms with E-state index >= 15 is 0 Å². The molecular formula is C14H28ClN3O2S. The number of hydrogen-bond donors (Lipinski definition) is 0. The first-order valence-corrected chi connectivity index (χ1v) is 9.93. The normalized spacial score (nSPS) is 28.6. The molecule has 0 spiro atoms. The lowest BCUT2D eigenvalue weighted by molar-refractivity contribution is 0.232. The van der Waals surface area contributed by atoms with Crippen LogP contribution in [0.3, 0.4) is 0 Å². The van der Waals surface area contributed by atoms with Crippen molar-refractivity contribution in [3.05, 3.63) is 0 Å². The zero-order valence-electron chi connectivity index (χ0n) is 13.2. The average Bonchev–Trinajstić information content (AvgIpc) is 2.68. The molecule has 2 aliphatic rings. The topological polar surface area (TPSA) is 43.9 Å². The van der Waals surface area contributed by atoms with Crippen LogP contribution in [0.15, 0.2) is 0 Å². The minimum Gasteiger partial charge on any atom is -0.305 e. The molecule has 0 bridgehead atoms. The molecule has 0 aromatic rings. The van der Waals surface area contributed by atoms with Crippen molar-refractivity contribution >= 4 is 21.8 Å². The molecule has 5 nitrogen and oxygen atoms in total. The SMILES string of the molecule is CCC1CN(C)CCCN1S(=O)(=O)N1CCC(CCl)CC1. The molecule has 2 rings (SSSR count). The Labute approximate surface area is 134 Å². The molecule has 124 valence electrons. The highest BCUT2D eigenvalue weighted by Gasteiger charge is 2.37. The summed E-state index contributed by atoms with van der Waals surface area (Å²) in [6, 6.07) is 0.0910. The maximum atomic E-state index is 13.0. The highest BCUT2D eigenvalue weighted by molar-refractivity contribution is 7.86. The van der Waals surface area contributed by atoms with E-state index in [2.05, 4.69) is 18.9 Å². The highest BCUT2D eigenvalue weighted by atomic mass is 35.5. The van der Waals surface area contributed by atoms with Gasteiger partial charge >= 0.3 is 0 Å². The van der Waals surface area contributed by atoms with E-state index in [1.54, 1.807) is 8.61 Å². The first-order valence-electron chi connectivity index (χ1n) is 8.00. The van der Waals surface area contributed by atoms with Gasteiger partial charge in [0.15, 0.2) is 0 Å². The summed E-state index contributed by atoms with van der Waals surface area (Å²) in [5, 5.41) is 0. The minimum absolute atomic E-state index is 0.0910. The van der Waals surface area contributed by atoms with Crippen LogP contribution in [0.4, 0.5) is 0 Å². The number of piperidine rings is 1. The van der Waals surface area contributed by atoms with Crippen molar-refractivity contribution in [2.75, 3.05) is 45.7 Å². The Hall–Kier alpha value is 0.120. The van der Waals surface area contributed by atoms with Crippen LogP contribution < -0.4 is 0 Å². The van der Waals surface area contributed by atoms with Crippen LogP contribution in [0.2, 0.25) is 0 Å². The average molecular weight is 338 g/mol. The second-order valence-corrected chi connectivity index (χ2v) is 8.48. The molecule has 21 heavy (non-hydrogen) atoms. The standard InChI is InChI=1S/C14H28ClN3O2S/c1-3-14-12-16(2)7-4-8-18(14)21(19,20)17-9-5-13(11-15)6-10-17/h13-14H,3-12H2,1-2H3. The number of halogens is 1. The van der Waals surface area contributed by atoms with Gasteiger partial charge in [-0.2, -0.15) is 17.0 Å². The van der Waals surface area contributed by atoms with Crippen LogP contribution in [-0.2, 0) is 10.2 Å². The summed E-state index contributed by atoms with van der Waals surface area (Å²) < 4.78 is 29.3. The molecule has 2 fully saturated rings. The van der Waals surface area contributed by atoms with Crippen LogP contribution >= 0.6 is 11.6 Å². The number of nitrogens with zero attached hydrogens (tertiary/aromatic N) is 3. The summed E-state index contributed by atoms with van der Waals surface area (Å²) in [5.41, 5.74) is 0. The van der Waals surface area contributed by atoms with Crippen LogP contribution in [0.1, 0.15) is 32.6 Å². The third-order valence-electron chi connectivity index (χ3n) is 4.73. The smallest absolute Gasteiger partial charge is 0.282 e. The molecule has 0 aliphatic carbocycles. The molecule has 2 heterocycles. The Kier molecular flexibility index (Phi) is 6.32. The maximum Gasteiger partial charge on any atom is 0.282 e. The maximum absolute atomic E-state index is 13.0. The van der Waals surface area contributed by atoms with Crippen LogP contribution in [-0.4, -0.2) is 73.6 Å². The van der Waals surface area contributed by atoms with E-state index in [9.17, 15) is 8.42 Å². The van der Waals surface area contributed by atoms with Gasteiger partial charge in [0.1, 0.15) is 0 Å². The van der Waals surface area contributed by atoms with Gasteiger partial charge in [-0.15, -0.1) is 11.6 Å². The Morgan fingerprint density at radius 3 is 2.38 bits per heavy atom. The summed E-state index contributed by atoms with van der Waals surface area (Å²) in [6.07, 6.45) is 3.53. The predicted octanol–water partition coefficient (Wildman–Crippen LogP) is 1.60. The molecule has 2 saturated heterocycles. The molecule has 0 N–H and O–H groups in total. The Morgan fingerprint density at radius 1 is 1.14 bits per heavy atom. The summed E-state index contributed by atoms with van der Waals surface area (Å²) >= 11 is 5.89. The van der Waals surface area contributed by atoms with E-state index in [-0.39, 0.29) is 6.04 Å². The minimum atomic E-state index is -3.33. The van der Waals surface area contributed by atoms with Gasteiger partial charge in [0, 0.05) is 38.1 Å². The van der Waals surface area contributed by atoms with E-state index in [0.717, 1.165) is 38.8 Å². The molecule has 0 aromatic carbocycles. The summed E-state index contributed by atoms with van der Waals surface area (Å²) in [4.78, 5) is 2.24. The Bertz CT molecular complexity index is 424. The number of likely N-dealkylation sites (N-methyl/N-ethyl adjacent to an activating group) is 1. The molecule has 0 saturated carbocycles. The molecule has 1 atom stereocenters. The predicted molar refractivity (Wildman–Crippen MR) is 86.8 cm³/mol. The second kappa shape index (κ2) is 7.59. The van der Waals surface area contributed by atoms with E-state index in [4.69, 9.17) is 11.6 Å². The van der Waals surface area contributed by atoms with Gasteiger partial charge < -0.3 is 4.90 Å². The van der Waals surface area contributed by atoms with Crippen molar-refractivity contribution in [3.8, 4) is 0 Å². The van der Waals surface area contributed by atoms with Crippen LogP contribution in [0.5, 0.6) is 0 Å². The summed E-state index contributed by atoms with van der Waals surface area (Å²) in [6.45, 7) is 5.74. The highest BCUT2D eigenvalue weighted by Crippen LogP contribution is 2.25. The van der Waals surface area contributed by atoms with E-state index in [1.807, 2.05) is 0 Å². The third kappa shape index (κ3) is 4.10. The number of alkyl halides is 1. The number of rotatable bonds is 4. The van der Waals surface area contributed by atoms with Crippen molar-refractivity contribution in [3.63, 3.8) is 0 Å². The molecule has 0 amide bonds. The van der Waals surface area contributed by atoms with Crippen molar-refractivity contribution in [1.82, 2.24) is 13.5 Å². The van der Waals surface area contributed by atoms with E-state index < -0.39 is 10.2 Å². The van der Waals surface area contributed by atoms with Gasteiger partial charge in [0.05, 0.1) is 0 Å². The number of hydrogen-bond acceptors (Lipinski definition) is 3. The van der Waals surface area contributed by atoms with Crippen molar-refractivity contribution < 1.29 is 8.42 Å². The van der Waals surface area contributed by atoms with Gasteiger partial charge in [-0.05, 0) is 45.2 Å². The monoisotopic (exact) mass is 337 g/mol. The lowest BCUT2D eigenvalue weighted by atomic mass is 10.0. The molecule has 7 heteroatoms. The van der Waals surface area contributed by atoms with E-state index in [1.165, 1.54) is 0 Å². The van der Waals surface area contributed by atoms with Gasteiger partial charge in [-0.25, -0.2) is 0 Å². The van der Waals surface area contributed by atoms with Gasteiger partial charge in [-0.3, -0.25) is 0 Å². The van der Waals surface area contributed by atoms with Crippen LogP contribution in [0, 0.1) is 5.92 Å². The Morgan fingerprint density at radius 2 is 1.81 bits per heavy atom. The fourth-order valence-electron chi connectivity index (χ4n) is 3.30. The van der Waals surface area contributed by atoms with Gasteiger partial charge in [-0.1, -0.05) is 6.92 Å². The van der Waals surface area contributed by atoms with Gasteiger partial charge in [0.25, 0.3) is 10.2 Å². The van der Waals surface area contributed by atoms with Gasteiger partial charge in [0.2, 0.25) is 0 Å². The first-order chi connectivity index (χ1) is 9.98. The molecule has 1 unspecified atom stereocenters. The second-order valence-electron chi connectivity index (χ2n) is 6.29. The molecule has 2 aliphatic heterocycles. The lowest BCUT2D eigenvalue weighted by Gasteiger charge is -2.37. The third-order valence-corrected chi connectivity index (χ3v) is 7.26. The fourth-order valence-corrected chi connectivity index (χ4v) is 5.53. The zero-order valence-corrected chi connectivity index (χ0v) is 14.7. The van der Waals surface area contributed by atoms with Crippen molar-refractivity contribution in [2.24, 2.45) is 5.92 Å². The zero-order chi connectivity index (χ0) is 15.5. The molecule has 0 radical (unpaired) electrons. The largest absolute Gasteiger partial charge is 0.305 e. The summed E-state index contributed by atoms with van der Waals surface area (Å²) in [7, 11) is -1.25. The lowest BCUT2D eigenvalue weighted by Crippen LogP contribution is -2.52. The van der Waals surface area contributed by atoms with E-state index in [0.29, 0.717) is 31.4 Å². The Balaban J connectivity index is 2.10.